The second-order valence-corrected chi connectivity index (χ2v) is 5.60. The molecule has 0 radical (unpaired) electrons. The van der Waals surface area contributed by atoms with E-state index in [2.05, 4.69) is 15.5 Å². The van der Waals surface area contributed by atoms with E-state index in [0.29, 0.717) is 18.3 Å². The molecule has 0 bridgehead atoms. The largest absolute Gasteiger partial charge is 0.419 e. The maximum atomic E-state index is 6.10. The Morgan fingerprint density at radius 3 is 2.73 bits per heavy atom. The molecule has 1 aromatic heterocycles. The third-order valence-electron chi connectivity index (χ3n) is 3.35. The van der Waals surface area contributed by atoms with Crippen LogP contribution in [-0.4, -0.2) is 10.2 Å². The predicted octanol–water partition coefficient (Wildman–Crippen LogP) is 4.62. The van der Waals surface area contributed by atoms with Gasteiger partial charge in [0.15, 0.2) is 0 Å². The number of benzene rings is 2. The van der Waals surface area contributed by atoms with Crippen LogP contribution in [0.5, 0.6) is 0 Å². The number of nitrogens with zero attached hydrogens (tertiary/aromatic N) is 2. The Hall–Kier alpha value is -2.33. The molecule has 0 fully saturated rings. The van der Waals surface area contributed by atoms with Gasteiger partial charge in [-0.3, -0.25) is 0 Å². The maximum absolute atomic E-state index is 6.10. The summed E-state index contributed by atoms with van der Waals surface area (Å²) in [6, 6.07) is 13.8. The molecule has 0 amide bonds. The van der Waals surface area contributed by atoms with Crippen molar-refractivity contribution in [2.45, 2.75) is 20.4 Å². The highest BCUT2D eigenvalue weighted by Crippen LogP contribution is 2.22. The summed E-state index contributed by atoms with van der Waals surface area (Å²) >= 11 is 6.10. The van der Waals surface area contributed by atoms with Gasteiger partial charge in [-0.15, -0.1) is 10.2 Å². The van der Waals surface area contributed by atoms with E-state index in [0.717, 1.165) is 27.4 Å². The summed E-state index contributed by atoms with van der Waals surface area (Å²) in [5, 5.41) is 12.1. The highest BCUT2D eigenvalue weighted by molar-refractivity contribution is 6.31. The lowest BCUT2D eigenvalue weighted by Gasteiger charge is -2.05. The van der Waals surface area contributed by atoms with Gasteiger partial charge in [0.2, 0.25) is 11.8 Å². The Labute approximate surface area is 134 Å². The first-order valence-corrected chi connectivity index (χ1v) is 7.39. The molecule has 1 N–H and O–H groups in total. The predicted molar refractivity (Wildman–Crippen MR) is 88.0 cm³/mol. The minimum absolute atomic E-state index is 0.457. The first-order valence-electron chi connectivity index (χ1n) is 7.01. The smallest absolute Gasteiger partial charge is 0.247 e. The van der Waals surface area contributed by atoms with Crippen molar-refractivity contribution in [2.75, 3.05) is 5.32 Å². The van der Waals surface area contributed by atoms with Crippen molar-refractivity contribution in [1.82, 2.24) is 10.2 Å². The Morgan fingerprint density at radius 1 is 1.09 bits per heavy atom. The summed E-state index contributed by atoms with van der Waals surface area (Å²) in [5.41, 5.74) is 4.06. The van der Waals surface area contributed by atoms with E-state index in [-0.39, 0.29) is 0 Å². The molecule has 0 aliphatic carbocycles. The zero-order chi connectivity index (χ0) is 15.5. The van der Waals surface area contributed by atoms with Gasteiger partial charge in [0.1, 0.15) is 0 Å². The topological polar surface area (TPSA) is 51.0 Å². The third kappa shape index (κ3) is 3.28. The molecule has 0 atom stereocenters. The SMILES string of the molecule is Cc1cccc(-c2nnc(CNc3ccc(C)c(Cl)c3)o2)c1. The minimum Gasteiger partial charge on any atom is -0.419 e. The number of hydrogen-bond acceptors (Lipinski definition) is 4. The Morgan fingerprint density at radius 2 is 1.95 bits per heavy atom. The molecule has 112 valence electrons. The van der Waals surface area contributed by atoms with Crippen molar-refractivity contribution in [2.24, 2.45) is 0 Å². The number of anilines is 1. The van der Waals surface area contributed by atoms with Gasteiger partial charge in [0, 0.05) is 16.3 Å². The van der Waals surface area contributed by atoms with Crippen molar-refractivity contribution < 1.29 is 4.42 Å². The molecule has 0 unspecified atom stereocenters. The van der Waals surface area contributed by atoms with Crippen molar-refractivity contribution in [1.29, 1.82) is 0 Å². The summed E-state index contributed by atoms with van der Waals surface area (Å²) in [6.07, 6.45) is 0. The average molecular weight is 314 g/mol. The molecular weight excluding hydrogens is 298 g/mol. The number of nitrogens with one attached hydrogen (secondary N) is 1. The molecule has 22 heavy (non-hydrogen) atoms. The molecule has 5 heteroatoms. The summed E-state index contributed by atoms with van der Waals surface area (Å²) < 4.78 is 5.68. The fraction of sp³-hybridized carbons (Fsp3) is 0.176. The van der Waals surface area contributed by atoms with Crippen LogP contribution in [0.2, 0.25) is 5.02 Å². The van der Waals surface area contributed by atoms with Gasteiger partial charge in [-0.05, 0) is 43.7 Å². The Balaban J connectivity index is 1.70. The van der Waals surface area contributed by atoms with E-state index >= 15 is 0 Å². The molecule has 0 spiro atoms. The van der Waals surface area contributed by atoms with Crippen LogP contribution in [0, 0.1) is 13.8 Å². The number of aryl methyl sites for hydroxylation is 2. The van der Waals surface area contributed by atoms with Crippen LogP contribution in [-0.2, 0) is 6.54 Å². The monoisotopic (exact) mass is 313 g/mol. The molecule has 0 saturated carbocycles. The first-order chi connectivity index (χ1) is 10.6. The van der Waals surface area contributed by atoms with Crippen LogP contribution >= 0.6 is 11.6 Å². The molecule has 0 aliphatic rings. The van der Waals surface area contributed by atoms with Gasteiger partial charge >= 0.3 is 0 Å². The van der Waals surface area contributed by atoms with Crippen LogP contribution in [0.3, 0.4) is 0 Å². The molecule has 4 nitrogen and oxygen atoms in total. The van der Waals surface area contributed by atoms with E-state index in [1.807, 2.05) is 56.3 Å². The van der Waals surface area contributed by atoms with E-state index < -0.39 is 0 Å². The second-order valence-electron chi connectivity index (χ2n) is 5.19. The first kappa shape index (κ1) is 14.6. The zero-order valence-corrected chi connectivity index (χ0v) is 13.2. The number of halogens is 1. The molecule has 2 aromatic carbocycles. The normalized spacial score (nSPS) is 10.7. The highest BCUT2D eigenvalue weighted by Gasteiger charge is 2.08. The number of hydrogen-bond donors (Lipinski definition) is 1. The van der Waals surface area contributed by atoms with Crippen molar-refractivity contribution in [3.05, 3.63) is 64.5 Å². The average Bonchev–Trinajstić information content (AvgIpc) is 2.97. The maximum Gasteiger partial charge on any atom is 0.247 e. The molecule has 0 aliphatic heterocycles. The van der Waals surface area contributed by atoms with Gasteiger partial charge in [0.05, 0.1) is 6.54 Å². The van der Waals surface area contributed by atoms with E-state index in [9.17, 15) is 0 Å². The second kappa shape index (κ2) is 6.20. The van der Waals surface area contributed by atoms with Gasteiger partial charge in [-0.2, -0.15) is 0 Å². The van der Waals surface area contributed by atoms with E-state index in [4.69, 9.17) is 16.0 Å². The van der Waals surface area contributed by atoms with Crippen LogP contribution in [0.25, 0.3) is 11.5 Å². The van der Waals surface area contributed by atoms with Gasteiger partial charge in [-0.25, -0.2) is 0 Å². The molecule has 1 heterocycles. The van der Waals surface area contributed by atoms with Gasteiger partial charge in [-0.1, -0.05) is 35.4 Å². The fourth-order valence-electron chi connectivity index (χ4n) is 2.10. The third-order valence-corrected chi connectivity index (χ3v) is 3.75. The summed E-state index contributed by atoms with van der Waals surface area (Å²) in [4.78, 5) is 0. The lowest BCUT2D eigenvalue weighted by atomic mass is 10.1. The minimum atomic E-state index is 0.457. The Bertz CT molecular complexity index is 798. The zero-order valence-electron chi connectivity index (χ0n) is 12.4. The summed E-state index contributed by atoms with van der Waals surface area (Å²) in [6.45, 7) is 4.46. The molecular formula is C17H16ClN3O. The lowest BCUT2D eigenvalue weighted by molar-refractivity contribution is 0.515. The van der Waals surface area contributed by atoms with E-state index in [1.165, 1.54) is 0 Å². The standard InChI is InChI=1S/C17H16ClN3O/c1-11-4-3-5-13(8-11)17-21-20-16(22-17)10-19-14-7-6-12(2)15(18)9-14/h3-9,19H,10H2,1-2H3. The fourth-order valence-corrected chi connectivity index (χ4v) is 2.28. The lowest BCUT2D eigenvalue weighted by Crippen LogP contribution is -1.99. The number of rotatable bonds is 4. The molecule has 3 aromatic rings. The molecule has 0 saturated heterocycles. The summed E-state index contributed by atoms with van der Waals surface area (Å²) in [7, 11) is 0. The quantitative estimate of drug-likeness (QED) is 0.763. The summed E-state index contributed by atoms with van der Waals surface area (Å²) in [5.74, 6) is 1.07. The van der Waals surface area contributed by atoms with E-state index in [1.54, 1.807) is 0 Å². The van der Waals surface area contributed by atoms with Crippen molar-refractivity contribution >= 4 is 17.3 Å². The van der Waals surface area contributed by atoms with Crippen molar-refractivity contribution in [3.63, 3.8) is 0 Å². The van der Waals surface area contributed by atoms with Gasteiger partial charge in [0.25, 0.3) is 0 Å². The van der Waals surface area contributed by atoms with Crippen molar-refractivity contribution in [3.8, 4) is 11.5 Å². The van der Waals surface area contributed by atoms with Crippen LogP contribution in [0.1, 0.15) is 17.0 Å². The highest BCUT2D eigenvalue weighted by atomic mass is 35.5. The Kier molecular flexibility index (Phi) is 4.11. The van der Waals surface area contributed by atoms with Gasteiger partial charge < -0.3 is 9.73 Å². The number of aromatic nitrogens is 2. The molecule has 3 rings (SSSR count). The van der Waals surface area contributed by atoms with Crippen LogP contribution < -0.4 is 5.32 Å². The van der Waals surface area contributed by atoms with Crippen LogP contribution in [0.4, 0.5) is 5.69 Å². The van der Waals surface area contributed by atoms with Crippen LogP contribution in [0.15, 0.2) is 46.9 Å².